The van der Waals surface area contributed by atoms with Crippen LogP contribution in [0.4, 0.5) is 105 Å². The van der Waals surface area contributed by atoms with Gasteiger partial charge in [0, 0.05) is 0 Å². The van der Waals surface area contributed by atoms with Gasteiger partial charge in [-0.05, 0) is 0 Å². The van der Waals surface area contributed by atoms with Crippen LogP contribution in [0.2, 0.25) is 0 Å². The van der Waals surface area contributed by atoms with Gasteiger partial charge in [0.15, 0.2) is 0 Å². The van der Waals surface area contributed by atoms with Gasteiger partial charge in [0.1, 0.15) is 0 Å². The monoisotopic (exact) mass is 724 g/mol. The lowest BCUT2D eigenvalue weighted by Gasteiger charge is -2.39. The van der Waals surface area contributed by atoms with Gasteiger partial charge in [0.2, 0.25) is 0 Å². The molecule has 0 rings (SSSR count). The molecule has 0 N–H and O–H groups in total. The molecule has 7 nitrogen and oxygen atoms in total. The van der Waals surface area contributed by atoms with E-state index in [-0.39, 0.29) is 0 Å². The Bertz CT molecular complexity index is 1060. The minimum Gasteiger partial charge on any atom is -0.398 e. The molecule has 0 aliphatic rings. The molecule has 262 valence electrons. The summed E-state index contributed by atoms with van der Waals surface area (Å²) in [7, 11) is 0. The highest BCUT2D eigenvalue weighted by atomic mass is 19.4. The van der Waals surface area contributed by atoms with Crippen LogP contribution in [0.15, 0.2) is 24.2 Å². The highest BCUT2D eigenvalue weighted by Crippen LogP contribution is 2.56. The van der Waals surface area contributed by atoms with E-state index in [1.807, 2.05) is 4.74 Å². The predicted molar refractivity (Wildman–Crippen MR) is 72.8 cm³/mol. The van der Waals surface area contributed by atoms with Crippen molar-refractivity contribution in [3.05, 3.63) is 24.2 Å². The van der Waals surface area contributed by atoms with Gasteiger partial charge < -0.3 is 9.47 Å². The summed E-state index contributed by atoms with van der Waals surface area (Å²) >= 11 is 0. The molecule has 0 amide bonds. The van der Waals surface area contributed by atoms with Crippen molar-refractivity contribution in [2.45, 2.75) is 55.2 Å². The zero-order valence-corrected chi connectivity index (χ0v) is 18.4. The van der Waals surface area contributed by atoms with Crippen molar-refractivity contribution in [2.24, 2.45) is 0 Å². The van der Waals surface area contributed by atoms with Crippen molar-refractivity contribution in [1.29, 1.82) is 0 Å². The van der Waals surface area contributed by atoms with Crippen molar-refractivity contribution in [3.8, 4) is 0 Å². The standard InChI is InChI=1S/C13F24O7/c14-1(15)3(18)38-9(28,29)5(20,7(22,23)24)40-10(30,31)6(21,8(25,26)27)43-44-13(36,37)42-12(34,35)41-11(32,33)39-4(19)2(16)17. The fourth-order valence-electron chi connectivity index (χ4n) is 1.59. The Balaban J connectivity index is 6.44. The third-order valence-electron chi connectivity index (χ3n) is 3.20. The highest BCUT2D eigenvalue weighted by Gasteiger charge is 2.85. The van der Waals surface area contributed by atoms with E-state index in [0.717, 1.165) is 0 Å². The topological polar surface area (TPSA) is 64.6 Å². The number of alkyl halides is 18. The first kappa shape index (κ1) is 41.2. The van der Waals surface area contributed by atoms with Crippen molar-refractivity contribution in [1.82, 2.24) is 0 Å². The van der Waals surface area contributed by atoms with Crippen LogP contribution in [0, 0.1) is 0 Å². The van der Waals surface area contributed by atoms with Crippen LogP contribution < -0.4 is 0 Å². The Morgan fingerprint density at radius 1 is 0.341 bits per heavy atom. The zero-order valence-electron chi connectivity index (χ0n) is 18.4. The molecule has 0 heterocycles. The van der Waals surface area contributed by atoms with Crippen LogP contribution in [0.5, 0.6) is 0 Å². The van der Waals surface area contributed by atoms with E-state index in [2.05, 4.69) is 0 Å². The lowest BCUT2D eigenvalue weighted by atomic mass is 10.2. The molecule has 0 aliphatic heterocycles. The van der Waals surface area contributed by atoms with Gasteiger partial charge in [0.05, 0.1) is 0 Å². The second-order valence-electron chi connectivity index (χ2n) is 6.35. The fraction of sp³-hybridized carbons (Fsp3) is 0.692. The Kier molecular flexibility index (Phi) is 11.7. The van der Waals surface area contributed by atoms with Crippen molar-refractivity contribution in [3.63, 3.8) is 0 Å². The summed E-state index contributed by atoms with van der Waals surface area (Å²) < 4.78 is 317. The molecule has 0 saturated carbocycles. The molecule has 0 radical (unpaired) electrons. The molecule has 0 aromatic rings. The van der Waals surface area contributed by atoms with Crippen LogP contribution in [-0.2, 0) is 33.5 Å². The zero-order chi connectivity index (χ0) is 35.8. The largest absolute Gasteiger partial charge is 0.543 e. The van der Waals surface area contributed by atoms with E-state index in [9.17, 15) is 105 Å². The fourth-order valence-corrected chi connectivity index (χ4v) is 1.59. The Labute approximate surface area is 219 Å². The van der Waals surface area contributed by atoms with E-state index in [1.54, 1.807) is 24.0 Å². The molecule has 0 saturated heterocycles. The van der Waals surface area contributed by atoms with Gasteiger partial charge in [-0.1, -0.05) is 0 Å². The van der Waals surface area contributed by atoms with Crippen molar-refractivity contribution >= 4 is 0 Å². The van der Waals surface area contributed by atoms with Gasteiger partial charge in [0.25, 0.3) is 0 Å². The maximum absolute atomic E-state index is 14.0. The second kappa shape index (κ2) is 12.5. The second-order valence-corrected chi connectivity index (χ2v) is 6.35. The summed E-state index contributed by atoms with van der Waals surface area (Å²) in [4.78, 5) is 3.16. The van der Waals surface area contributed by atoms with Crippen molar-refractivity contribution < 1.29 is 139 Å². The lowest BCUT2D eigenvalue weighted by Crippen LogP contribution is -2.67. The summed E-state index contributed by atoms with van der Waals surface area (Å²) in [6.07, 6.45) is -61.0. The van der Waals surface area contributed by atoms with Gasteiger partial charge >= 0.3 is 79.4 Å². The normalized spacial score (nSPS) is 17.0. The van der Waals surface area contributed by atoms with Crippen LogP contribution in [-0.4, -0.2) is 55.2 Å². The minimum atomic E-state index is -8.30. The molecule has 0 aromatic heterocycles. The molecule has 0 spiro atoms. The molecule has 0 aromatic carbocycles. The van der Waals surface area contributed by atoms with Gasteiger partial charge in [-0.3, -0.25) is 4.74 Å². The first-order valence-corrected chi connectivity index (χ1v) is 8.65. The number of hydrogen-bond donors (Lipinski definition) is 0. The molecule has 44 heavy (non-hydrogen) atoms. The number of hydrogen-bond acceptors (Lipinski definition) is 7. The summed E-state index contributed by atoms with van der Waals surface area (Å²) in [6.45, 7) is 0. The number of rotatable bonds is 15. The van der Waals surface area contributed by atoms with Crippen LogP contribution in [0.25, 0.3) is 0 Å². The molecular weight excluding hydrogens is 724 g/mol. The van der Waals surface area contributed by atoms with Gasteiger partial charge in [-0.25, -0.2) is 4.74 Å². The average molecular weight is 724 g/mol. The lowest BCUT2D eigenvalue weighted by molar-refractivity contribution is -0.653. The first-order valence-electron chi connectivity index (χ1n) is 8.65. The smallest absolute Gasteiger partial charge is 0.398 e. The Hall–Kier alpha value is -2.80. The predicted octanol–water partition coefficient (Wildman–Crippen LogP) is 8.38. The SMILES string of the molecule is FC(F)=C(F)OC(F)(F)OC(F)(F)OC(F)(F)OOC(F)(C(F)(F)F)C(F)(F)OC(F)(C(F)(F)F)C(F)(F)OC(F)=C(F)F. The maximum atomic E-state index is 14.0. The van der Waals surface area contributed by atoms with Gasteiger partial charge in [-0.2, -0.15) is 88.7 Å². The van der Waals surface area contributed by atoms with Crippen LogP contribution in [0.3, 0.4) is 0 Å². The molecule has 2 unspecified atom stereocenters. The highest BCUT2D eigenvalue weighted by molar-refractivity contribution is 4.95. The summed E-state index contributed by atoms with van der Waals surface area (Å²) in [6, 6.07) is -8.06. The average Bonchev–Trinajstić information content (AvgIpc) is 2.72. The van der Waals surface area contributed by atoms with E-state index >= 15 is 0 Å². The maximum Gasteiger partial charge on any atom is 0.543 e. The first-order chi connectivity index (χ1) is 19.0. The molecule has 2 atom stereocenters. The van der Waals surface area contributed by atoms with Gasteiger partial charge in [-0.15, -0.1) is 31.2 Å². The van der Waals surface area contributed by atoms with E-state index in [1.165, 1.54) is 4.74 Å². The number of halogens is 24. The van der Waals surface area contributed by atoms with Crippen molar-refractivity contribution in [2.75, 3.05) is 0 Å². The Morgan fingerprint density at radius 3 is 1.07 bits per heavy atom. The van der Waals surface area contributed by atoms with E-state index in [4.69, 9.17) is 0 Å². The summed E-state index contributed by atoms with van der Waals surface area (Å²) in [5, 5.41) is 0. The molecule has 31 heteroatoms. The number of ether oxygens (including phenoxy) is 5. The molecular formula is C13F24O7. The molecule has 0 bridgehead atoms. The Morgan fingerprint density at radius 2 is 0.705 bits per heavy atom. The summed E-state index contributed by atoms with van der Waals surface area (Å²) in [5.41, 5.74) is 0. The molecule has 0 aliphatic carbocycles. The van der Waals surface area contributed by atoms with E-state index in [0.29, 0.717) is 0 Å². The van der Waals surface area contributed by atoms with Crippen LogP contribution in [0.1, 0.15) is 0 Å². The summed E-state index contributed by atoms with van der Waals surface area (Å²) in [5.74, 6) is -16.2. The van der Waals surface area contributed by atoms with Crippen LogP contribution >= 0.6 is 0 Å². The third-order valence-corrected chi connectivity index (χ3v) is 3.20. The molecule has 0 fully saturated rings. The minimum absolute atomic E-state index is 1.31. The van der Waals surface area contributed by atoms with E-state index < -0.39 is 79.4 Å². The quantitative estimate of drug-likeness (QED) is 0.0553. The third kappa shape index (κ3) is 9.85.